The quantitative estimate of drug-likeness (QED) is 0.0671. The van der Waals surface area contributed by atoms with Gasteiger partial charge >= 0.3 is 0 Å². The summed E-state index contributed by atoms with van der Waals surface area (Å²) in [5.41, 5.74) is 19.2. The highest BCUT2D eigenvalue weighted by Gasteiger charge is 1.99. The van der Waals surface area contributed by atoms with Crippen LogP contribution in [0.4, 0.5) is 0 Å². The summed E-state index contributed by atoms with van der Waals surface area (Å²) in [7, 11) is 0. The third-order valence-corrected chi connectivity index (χ3v) is 19.2. The zero-order valence-corrected chi connectivity index (χ0v) is 68.0. The van der Waals surface area contributed by atoms with Crippen LogP contribution in [0.15, 0.2) is 420 Å². The number of nitrogens with zero attached hydrogens (tertiary/aromatic N) is 16. The molecular formula is C96H80N28OS. The number of imidazole rings is 3. The normalized spacial score (nSPS) is 10.2. The van der Waals surface area contributed by atoms with Crippen LogP contribution in [0.2, 0.25) is 0 Å². The summed E-state index contributed by atoms with van der Waals surface area (Å²) in [6, 6.07) is 85.6. The van der Waals surface area contributed by atoms with E-state index in [0.29, 0.717) is 0 Å². The molecule has 0 aliphatic rings. The van der Waals surface area contributed by atoms with Gasteiger partial charge in [-0.2, -0.15) is 30.7 Å². The molecule has 0 aliphatic carbocycles. The molecule has 126 heavy (non-hydrogen) atoms. The van der Waals surface area contributed by atoms with E-state index in [-0.39, 0.29) is 0 Å². The summed E-state index contributed by atoms with van der Waals surface area (Å²) in [4.78, 5) is 68.3. The monoisotopic (exact) mass is 1670 g/mol. The maximum Gasteiger partial charge on any atom is 0.177 e. The van der Waals surface area contributed by atoms with E-state index in [1.165, 1.54) is 26.4 Å². The molecule has 0 bridgehead atoms. The summed E-state index contributed by atoms with van der Waals surface area (Å²) in [5.74, 6) is 0. The number of hydrogen-bond donors (Lipinski definition) is 12. The average Bonchev–Trinajstić information content (AvgIpc) is 1.89. The Morgan fingerprint density at radius 2 is 0.706 bits per heavy atom. The standard InChI is InChI=1S/C8H7N.C8H6O.C8H6S.6C7H6N2.5C6H5N3/c3*1-2-4-8-7(3-1)5-6-9-8;1-4-9-7-2-3-8-5-6(1)7;1-3-8-5-7-6(1)2-4-9-7;1-2-6-7(8-4-1)3-5-9-6;1-2-6-3-5-9-7(6)8-4-1;1-2-4-7-6(3-1)8-5-9-7;1-2-4-7-6(3-1)5-8-9-7;1-2-7-3-5-4-8-9-6(1)5;1-2-7-3-6-5(1)8-4-9-6;1-2-5-6(7-3-1)9-4-8-5;1-2-5-6(7-3-1)4-8-9-5;1-2-4-6-5(3-1)7-9-8-6/h1-6,9H;2*1-6H;3*1-5,9H;3*1-5H,(H,8,9);2*1-4H,(H,8,9);1-4H,(H,7,8,9);1-4H,(H,8,9);1-4H,(H,7,8,9). The van der Waals surface area contributed by atoms with Crippen molar-refractivity contribution in [2.45, 2.75) is 0 Å². The number of nitrogens with one attached hydrogen (secondary N) is 12. The highest BCUT2D eigenvalue weighted by Crippen LogP contribution is 2.20. The Morgan fingerprint density at radius 3 is 1.41 bits per heavy atom. The van der Waals surface area contributed by atoms with Gasteiger partial charge in [-0.25, -0.2) is 24.9 Å². The van der Waals surface area contributed by atoms with Crippen molar-refractivity contribution in [2.75, 3.05) is 0 Å². The zero-order valence-electron chi connectivity index (χ0n) is 67.2. The van der Waals surface area contributed by atoms with Gasteiger partial charge < -0.3 is 44.3 Å². The Morgan fingerprint density at radius 1 is 0.238 bits per heavy atom. The van der Waals surface area contributed by atoms with E-state index < -0.39 is 0 Å². The van der Waals surface area contributed by atoms with Crippen LogP contribution in [0.3, 0.4) is 0 Å². The molecule has 28 rings (SSSR count). The maximum atomic E-state index is 5.12. The van der Waals surface area contributed by atoms with Crippen LogP contribution in [-0.2, 0) is 0 Å². The summed E-state index contributed by atoms with van der Waals surface area (Å²) < 4.78 is 6.49. The minimum Gasteiger partial charge on any atom is -0.464 e. The molecule has 0 radical (unpaired) electrons. The van der Waals surface area contributed by atoms with E-state index in [2.05, 4.69) is 195 Å². The van der Waals surface area contributed by atoms with Crippen LogP contribution < -0.4 is 0 Å². The molecule has 12 N–H and O–H groups in total. The molecule has 0 atom stereocenters. The van der Waals surface area contributed by atoms with Crippen molar-refractivity contribution in [1.82, 2.24) is 141 Å². The summed E-state index contributed by atoms with van der Waals surface area (Å²) in [5, 5.41) is 42.0. The lowest BCUT2D eigenvalue weighted by molar-refractivity contribution is 0.616. The summed E-state index contributed by atoms with van der Waals surface area (Å²) in [6.45, 7) is 0. The Labute approximate surface area is 720 Å². The molecular weight excluding hydrogens is 1590 g/mol. The molecule has 29 nitrogen and oxygen atoms in total. The molecule has 0 unspecified atom stereocenters. The van der Waals surface area contributed by atoms with Crippen LogP contribution in [0.25, 0.3) is 153 Å². The fraction of sp³-hybridized carbons (Fsp3) is 0. The molecule has 0 spiro atoms. The van der Waals surface area contributed by atoms with Gasteiger partial charge in [0.2, 0.25) is 0 Å². The van der Waals surface area contributed by atoms with Crippen LogP contribution in [0, 0.1) is 0 Å². The van der Waals surface area contributed by atoms with E-state index in [9.17, 15) is 0 Å². The predicted molar refractivity (Wildman–Crippen MR) is 502 cm³/mol. The summed E-state index contributed by atoms with van der Waals surface area (Å²) in [6.07, 6.45) is 42.8. The third-order valence-electron chi connectivity index (χ3n) is 18.3. The van der Waals surface area contributed by atoms with E-state index >= 15 is 0 Å². The lowest BCUT2D eigenvalue weighted by Crippen LogP contribution is -1.71. The van der Waals surface area contributed by atoms with E-state index in [0.717, 1.165) is 127 Å². The second-order valence-corrected chi connectivity index (χ2v) is 27.5. The minimum absolute atomic E-state index is 0.775. The van der Waals surface area contributed by atoms with Crippen LogP contribution in [0.5, 0.6) is 0 Å². The number of H-pyrrole nitrogens is 12. The number of aromatic nitrogens is 28. The largest absolute Gasteiger partial charge is 0.464 e. The molecule has 616 valence electrons. The number of rotatable bonds is 0. The molecule has 0 amide bonds. The van der Waals surface area contributed by atoms with Crippen molar-refractivity contribution in [3.63, 3.8) is 0 Å². The molecule has 0 fully saturated rings. The van der Waals surface area contributed by atoms with Crippen molar-refractivity contribution in [2.24, 2.45) is 0 Å². The van der Waals surface area contributed by atoms with Crippen LogP contribution >= 0.6 is 11.3 Å². The van der Waals surface area contributed by atoms with Crippen molar-refractivity contribution in [1.29, 1.82) is 0 Å². The first-order chi connectivity index (χ1) is 62.5. The Hall–Kier alpha value is -18.1. The predicted octanol–water partition coefficient (Wildman–Crippen LogP) is 21.7. The molecule has 22 heterocycles. The number of hydrogen-bond acceptors (Lipinski definition) is 18. The topological polar surface area (TPSA) is 409 Å². The van der Waals surface area contributed by atoms with E-state index in [4.69, 9.17) is 4.42 Å². The minimum atomic E-state index is 0.775. The lowest BCUT2D eigenvalue weighted by Gasteiger charge is -1.83. The SMILES string of the molecule is c1cc2[nH]ccc2cn1.c1cc2[nH]ncc2cn1.c1cc2cc[nH]c2cn1.c1cc2nc[nH]c2cn1.c1ccc2[nH]ccc2c1.c1ccc2[nH]cnc2c1.c1ccc2[nH]ncc2c1.c1ccc2n[nH]nc2c1.c1ccc2occc2c1.c1ccc2sccc2c1.c1cnc2[nH]ccc2c1.c1cnc2cc[nH]c2c1.c1cnc2cn[nH]c2c1.c1cnc2nc[nH]c2c1. The number of aromatic amines is 12. The number of pyridine rings is 8. The average molecular weight is 1670 g/mol. The fourth-order valence-corrected chi connectivity index (χ4v) is 12.8. The Bertz CT molecular complexity index is 5710. The highest BCUT2D eigenvalue weighted by molar-refractivity contribution is 7.17. The van der Waals surface area contributed by atoms with Crippen molar-refractivity contribution < 1.29 is 4.42 Å². The smallest absolute Gasteiger partial charge is 0.177 e. The molecule has 6 aromatic carbocycles. The third kappa shape index (κ3) is 24.1. The second-order valence-electron chi connectivity index (χ2n) is 26.6. The zero-order chi connectivity index (χ0) is 85.5. The number of para-hydroxylation sites is 7. The van der Waals surface area contributed by atoms with Gasteiger partial charge in [-0.3, -0.25) is 45.2 Å². The number of thiophene rings is 1. The van der Waals surface area contributed by atoms with Crippen molar-refractivity contribution in [3.8, 4) is 0 Å². The van der Waals surface area contributed by atoms with E-state index in [1.54, 1.807) is 111 Å². The molecule has 22 aromatic heterocycles. The van der Waals surface area contributed by atoms with Crippen molar-refractivity contribution in [3.05, 3.63) is 415 Å². The molecule has 28 aromatic rings. The van der Waals surface area contributed by atoms with Crippen molar-refractivity contribution >= 4 is 164 Å². The first kappa shape index (κ1) is 83.0. The Kier molecular flexibility index (Phi) is 29.4. The molecule has 0 saturated carbocycles. The highest BCUT2D eigenvalue weighted by atomic mass is 32.1. The van der Waals surface area contributed by atoms with Gasteiger partial charge in [-0.15, -0.1) is 11.3 Å². The second kappa shape index (κ2) is 44.7. The van der Waals surface area contributed by atoms with Gasteiger partial charge in [0.25, 0.3) is 0 Å². The van der Waals surface area contributed by atoms with Crippen LogP contribution in [-0.4, -0.2) is 141 Å². The van der Waals surface area contributed by atoms with E-state index in [1.807, 2.05) is 262 Å². The summed E-state index contributed by atoms with van der Waals surface area (Å²) >= 11 is 1.79. The molecule has 30 heteroatoms. The van der Waals surface area contributed by atoms with Gasteiger partial charge in [0, 0.05) is 141 Å². The number of fused-ring (bicyclic) bond motifs is 14. The lowest BCUT2D eigenvalue weighted by atomic mass is 10.3. The van der Waals surface area contributed by atoms with Gasteiger partial charge in [0.15, 0.2) is 5.65 Å². The first-order valence-electron chi connectivity index (χ1n) is 39.4. The maximum absolute atomic E-state index is 5.12. The Balaban J connectivity index is 0.000000105. The molecule has 0 aliphatic heterocycles. The fourth-order valence-electron chi connectivity index (χ4n) is 12.0. The van der Waals surface area contributed by atoms with Gasteiger partial charge in [-0.05, 0) is 180 Å². The number of benzene rings is 6. The van der Waals surface area contributed by atoms with Gasteiger partial charge in [0.05, 0.1) is 117 Å². The first-order valence-corrected chi connectivity index (χ1v) is 40.2. The number of furan rings is 1. The molecule has 0 saturated heterocycles. The van der Waals surface area contributed by atoms with Crippen LogP contribution in [0.1, 0.15) is 0 Å². The van der Waals surface area contributed by atoms with Gasteiger partial charge in [-0.1, -0.05) is 97.1 Å². The van der Waals surface area contributed by atoms with Gasteiger partial charge in [0.1, 0.15) is 27.8 Å².